The minimum atomic E-state index is -0.0625. The Bertz CT molecular complexity index is 838. The fourth-order valence-electron chi connectivity index (χ4n) is 3.64. The highest BCUT2D eigenvalue weighted by Crippen LogP contribution is 2.22. The van der Waals surface area contributed by atoms with E-state index in [1.165, 1.54) is 0 Å². The number of urea groups is 1. The Morgan fingerprint density at radius 2 is 1.97 bits per heavy atom. The van der Waals surface area contributed by atoms with Crippen LogP contribution in [0.1, 0.15) is 36.8 Å². The van der Waals surface area contributed by atoms with Gasteiger partial charge in [-0.05, 0) is 67.5 Å². The van der Waals surface area contributed by atoms with Crippen LogP contribution < -0.4 is 10.6 Å². The summed E-state index contributed by atoms with van der Waals surface area (Å²) in [6.45, 7) is 3.97. The summed E-state index contributed by atoms with van der Waals surface area (Å²) in [4.78, 5) is 26.6. The number of carbonyl (C=O) groups is 2. The van der Waals surface area contributed by atoms with Gasteiger partial charge in [-0.2, -0.15) is 0 Å². The van der Waals surface area contributed by atoms with E-state index in [9.17, 15) is 9.59 Å². The van der Waals surface area contributed by atoms with Crippen molar-refractivity contribution in [2.75, 3.05) is 18.4 Å². The van der Waals surface area contributed by atoms with Crippen LogP contribution in [0, 0.1) is 12.8 Å². The van der Waals surface area contributed by atoms with Gasteiger partial charge in [0, 0.05) is 36.8 Å². The number of aryl methyl sites for hydroxylation is 1. The zero-order chi connectivity index (χ0) is 20.6. The Morgan fingerprint density at radius 3 is 2.72 bits per heavy atom. The van der Waals surface area contributed by atoms with Gasteiger partial charge >= 0.3 is 6.03 Å². The lowest BCUT2D eigenvalue weighted by Gasteiger charge is -2.32. The third-order valence-corrected chi connectivity index (χ3v) is 5.51. The number of amides is 3. The van der Waals surface area contributed by atoms with Gasteiger partial charge in [-0.3, -0.25) is 4.79 Å². The third kappa shape index (κ3) is 6.79. The van der Waals surface area contributed by atoms with E-state index in [-0.39, 0.29) is 11.9 Å². The van der Waals surface area contributed by atoms with Crippen LogP contribution in [0.5, 0.6) is 0 Å². The van der Waals surface area contributed by atoms with Crippen molar-refractivity contribution >= 4 is 29.2 Å². The van der Waals surface area contributed by atoms with E-state index in [4.69, 9.17) is 11.6 Å². The molecule has 1 saturated heterocycles. The number of piperidine rings is 1. The molecule has 1 unspecified atom stereocenters. The molecule has 3 amide bonds. The molecule has 2 N–H and O–H groups in total. The molecule has 1 aliphatic rings. The molecule has 6 heteroatoms. The molecule has 154 valence electrons. The van der Waals surface area contributed by atoms with E-state index in [0.717, 1.165) is 42.6 Å². The third-order valence-electron chi connectivity index (χ3n) is 5.26. The zero-order valence-corrected chi connectivity index (χ0v) is 17.5. The molecule has 1 atom stereocenters. The number of hydrogen-bond acceptors (Lipinski definition) is 2. The Hall–Kier alpha value is -2.53. The summed E-state index contributed by atoms with van der Waals surface area (Å²) in [5, 5.41) is 6.62. The molecule has 0 radical (unpaired) electrons. The van der Waals surface area contributed by atoms with Crippen molar-refractivity contribution < 1.29 is 9.59 Å². The quantitative estimate of drug-likeness (QED) is 0.700. The monoisotopic (exact) mass is 413 g/mol. The first kappa shape index (κ1) is 21.2. The van der Waals surface area contributed by atoms with Crippen molar-refractivity contribution in [3.05, 3.63) is 64.7 Å². The van der Waals surface area contributed by atoms with Crippen molar-refractivity contribution in [1.29, 1.82) is 0 Å². The normalized spacial score (nSPS) is 16.3. The molecule has 3 rings (SSSR count). The predicted octanol–water partition coefficient (Wildman–Crippen LogP) is 4.99. The first-order valence-electron chi connectivity index (χ1n) is 10.1. The van der Waals surface area contributed by atoms with Gasteiger partial charge in [0.25, 0.3) is 0 Å². The average Bonchev–Trinajstić information content (AvgIpc) is 2.72. The minimum absolute atomic E-state index is 0.0429. The molecule has 29 heavy (non-hydrogen) atoms. The van der Waals surface area contributed by atoms with Crippen LogP contribution in [0.3, 0.4) is 0 Å². The second-order valence-corrected chi connectivity index (χ2v) is 8.13. The van der Waals surface area contributed by atoms with Crippen molar-refractivity contribution in [2.24, 2.45) is 5.92 Å². The van der Waals surface area contributed by atoms with E-state index >= 15 is 0 Å². The Balaban J connectivity index is 1.41. The second-order valence-electron chi connectivity index (χ2n) is 7.70. The van der Waals surface area contributed by atoms with Crippen LogP contribution >= 0.6 is 11.6 Å². The lowest BCUT2D eigenvalue weighted by molar-refractivity contribution is -0.121. The second kappa shape index (κ2) is 10.3. The summed E-state index contributed by atoms with van der Waals surface area (Å²) < 4.78 is 0. The van der Waals surface area contributed by atoms with E-state index in [2.05, 4.69) is 10.6 Å². The Labute approximate surface area is 177 Å². The van der Waals surface area contributed by atoms with Gasteiger partial charge in [0.1, 0.15) is 0 Å². The first-order valence-corrected chi connectivity index (χ1v) is 10.5. The number of nitrogens with zero attached hydrogens (tertiary/aromatic N) is 1. The number of anilines is 1. The highest BCUT2D eigenvalue weighted by molar-refractivity contribution is 6.30. The van der Waals surface area contributed by atoms with E-state index in [1.54, 1.807) is 0 Å². The number of halogens is 1. The highest BCUT2D eigenvalue weighted by Gasteiger charge is 2.24. The number of benzene rings is 2. The maximum atomic E-state index is 12.6. The zero-order valence-electron chi connectivity index (χ0n) is 16.8. The summed E-state index contributed by atoms with van der Waals surface area (Å²) in [5.41, 5.74) is 2.96. The molecule has 0 aliphatic carbocycles. The molecule has 2 aromatic rings. The summed E-state index contributed by atoms with van der Waals surface area (Å²) in [7, 11) is 0. The van der Waals surface area contributed by atoms with Crippen molar-refractivity contribution in [1.82, 2.24) is 10.2 Å². The molecular weight excluding hydrogens is 386 g/mol. The molecule has 0 bridgehead atoms. The van der Waals surface area contributed by atoms with Crippen LogP contribution in [0.2, 0.25) is 5.02 Å². The predicted molar refractivity (Wildman–Crippen MR) is 117 cm³/mol. The molecule has 0 aromatic heterocycles. The smallest absolute Gasteiger partial charge is 0.321 e. The SMILES string of the molecule is Cc1cccc(NC(=O)N2CCCC(CCC(=O)NCc3ccc(Cl)cc3)C2)c1. The van der Waals surface area contributed by atoms with Crippen LogP contribution in [0.15, 0.2) is 48.5 Å². The highest BCUT2D eigenvalue weighted by atomic mass is 35.5. The van der Waals surface area contributed by atoms with E-state index < -0.39 is 0 Å². The van der Waals surface area contributed by atoms with Crippen LogP contribution in [0.25, 0.3) is 0 Å². The summed E-state index contributed by atoms with van der Waals surface area (Å²) in [6.07, 6.45) is 3.29. The lowest BCUT2D eigenvalue weighted by atomic mass is 9.93. The first-order chi connectivity index (χ1) is 14.0. The van der Waals surface area contributed by atoms with E-state index in [0.29, 0.717) is 30.5 Å². The van der Waals surface area contributed by atoms with Crippen molar-refractivity contribution in [3.8, 4) is 0 Å². The number of hydrogen-bond donors (Lipinski definition) is 2. The van der Waals surface area contributed by atoms with Crippen LogP contribution in [-0.4, -0.2) is 29.9 Å². The van der Waals surface area contributed by atoms with Gasteiger partial charge in [0.2, 0.25) is 5.91 Å². The maximum Gasteiger partial charge on any atom is 0.321 e. The number of carbonyl (C=O) groups excluding carboxylic acids is 2. The molecule has 5 nitrogen and oxygen atoms in total. The number of likely N-dealkylation sites (tertiary alicyclic amines) is 1. The average molecular weight is 414 g/mol. The fraction of sp³-hybridized carbons (Fsp3) is 0.391. The number of nitrogens with one attached hydrogen (secondary N) is 2. The largest absolute Gasteiger partial charge is 0.352 e. The van der Waals surface area contributed by atoms with Crippen LogP contribution in [0.4, 0.5) is 10.5 Å². The summed E-state index contributed by atoms with van der Waals surface area (Å²) in [6, 6.07) is 15.2. The maximum absolute atomic E-state index is 12.6. The van der Waals surface area contributed by atoms with Gasteiger partial charge in [0.05, 0.1) is 0 Å². The van der Waals surface area contributed by atoms with Gasteiger partial charge in [-0.15, -0.1) is 0 Å². The molecule has 1 fully saturated rings. The Morgan fingerprint density at radius 1 is 1.17 bits per heavy atom. The van der Waals surface area contributed by atoms with E-state index in [1.807, 2.05) is 60.4 Å². The molecule has 1 heterocycles. The molecular formula is C23H28ClN3O2. The van der Waals surface area contributed by atoms with Gasteiger partial charge < -0.3 is 15.5 Å². The minimum Gasteiger partial charge on any atom is -0.352 e. The summed E-state index contributed by atoms with van der Waals surface area (Å²) >= 11 is 5.88. The van der Waals surface area contributed by atoms with Gasteiger partial charge in [-0.25, -0.2) is 4.79 Å². The molecule has 0 saturated carbocycles. The molecule has 1 aliphatic heterocycles. The molecule has 0 spiro atoms. The topological polar surface area (TPSA) is 61.4 Å². The fourth-order valence-corrected chi connectivity index (χ4v) is 3.76. The standard InChI is InChI=1S/C23H28ClN3O2/c1-17-4-2-6-21(14-17)26-23(29)27-13-3-5-19(16-27)9-12-22(28)25-15-18-7-10-20(24)11-8-18/h2,4,6-8,10-11,14,19H,3,5,9,12-13,15-16H2,1H3,(H,25,28)(H,26,29). The van der Waals surface area contributed by atoms with Crippen molar-refractivity contribution in [2.45, 2.75) is 39.2 Å². The molecule has 2 aromatic carbocycles. The summed E-state index contributed by atoms with van der Waals surface area (Å²) in [5.74, 6) is 0.398. The number of rotatable bonds is 6. The van der Waals surface area contributed by atoms with Crippen LogP contribution in [-0.2, 0) is 11.3 Å². The Kier molecular flexibility index (Phi) is 7.53. The van der Waals surface area contributed by atoms with Gasteiger partial charge in [-0.1, -0.05) is 35.9 Å². The van der Waals surface area contributed by atoms with Gasteiger partial charge in [0.15, 0.2) is 0 Å². The van der Waals surface area contributed by atoms with Crippen molar-refractivity contribution in [3.63, 3.8) is 0 Å². The lowest BCUT2D eigenvalue weighted by Crippen LogP contribution is -2.42.